The van der Waals surface area contributed by atoms with Crippen LogP contribution in [-0.2, 0) is 9.53 Å². The second kappa shape index (κ2) is 6.18. The van der Waals surface area contributed by atoms with Gasteiger partial charge in [0, 0.05) is 4.91 Å². The van der Waals surface area contributed by atoms with Gasteiger partial charge in [0.05, 0.1) is 12.7 Å². The van der Waals surface area contributed by atoms with Gasteiger partial charge in [-0.25, -0.2) is 4.79 Å². The number of carbonyl (C=O) groups is 1. The van der Waals surface area contributed by atoms with Crippen molar-refractivity contribution >= 4 is 11.5 Å². The Morgan fingerprint density at radius 2 is 1.96 bits per heavy atom. The molecule has 1 aliphatic carbocycles. The van der Waals surface area contributed by atoms with E-state index in [1.54, 1.807) is 30.3 Å². The van der Waals surface area contributed by atoms with E-state index in [0.29, 0.717) is 11.1 Å². The summed E-state index contributed by atoms with van der Waals surface area (Å²) in [5.41, 5.74) is 5.77. The van der Waals surface area contributed by atoms with E-state index in [2.05, 4.69) is 14.8 Å². The summed E-state index contributed by atoms with van der Waals surface area (Å²) in [6.45, 7) is 0. The van der Waals surface area contributed by atoms with Crippen LogP contribution >= 0.6 is 0 Å². The topological polar surface area (TPSA) is 75.1 Å². The molecule has 0 amide bonds. The van der Waals surface area contributed by atoms with Crippen LogP contribution in [0.15, 0.2) is 53.2 Å². The summed E-state index contributed by atoms with van der Waals surface area (Å²) in [6.07, 6.45) is -3.22. The van der Waals surface area contributed by atoms with Crippen LogP contribution in [0.1, 0.15) is 12.0 Å². The van der Waals surface area contributed by atoms with Crippen molar-refractivity contribution in [3.05, 3.63) is 64.1 Å². The minimum atomic E-state index is -4.95. The Hall–Kier alpha value is -2.73. The maximum absolute atomic E-state index is 13.7. The predicted molar refractivity (Wildman–Crippen MR) is 77.1 cm³/mol. The van der Waals surface area contributed by atoms with E-state index in [9.17, 15) is 18.0 Å². The van der Waals surface area contributed by atoms with E-state index in [1.165, 1.54) is 6.08 Å². The molecule has 1 atom stereocenters. The standard InChI is InChI=1S/C15H12F3N3O2/c1-23-13(22)12-8-7-11(10-5-3-2-4-6-10)9-14(12,20-21-19)15(16,17)18/h2-8H,9H2,1H3. The Kier molecular flexibility index (Phi) is 4.47. The summed E-state index contributed by atoms with van der Waals surface area (Å²) >= 11 is 0. The fourth-order valence-electron chi connectivity index (χ4n) is 2.42. The molecule has 2 rings (SSSR count). The first kappa shape index (κ1) is 16.6. The molecule has 0 aromatic heterocycles. The SMILES string of the molecule is COC(=O)C1=CC=C(c2ccccc2)CC1(N=[N+]=[N-])C(F)(F)F. The fraction of sp³-hybridized carbons (Fsp3) is 0.267. The number of ether oxygens (including phenoxy) is 1. The summed E-state index contributed by atoms with van der Waals surface area (Å²) in [7, 11) is 0.969. The zero-order valence-electron chi connectivity index (χ0n) is 12.0. The number of rotatable bonds is 3. The molecule has 1 aromatic rings. The summed E-state index contributed by atoms with van der Waals surface area (Å²) < 4.78 is 45.4. The zero-order chi connectivity index (χ0) is 17.1. The van der Waals surface area contributed by atoms with E-state index in [-0.39, 0.29) is 0 Å². The minimum Gasteiger partial charge on any atom is -0.466 e. The lowest BCUT2D eigenvalue weighted by Gasteiger charge is -2.35. The molecule has 0 spiro atoms. The molecule has 0 aliphatic heterocycles. The van der Waals surface area contributed by atoms with E-state index < -0.39 is 29.7 Å². The maximum atomic E-state index is 13.7. The molecule has 0 radical (unpaired) electrons. The molecule has 8 heteroatoms. The summed E-state index contributed by atoms with van der Waals surface area (Å²) in [5, 5.41) is 2.96. The van der Waals surface area contributed by atoms with Gasteiger partial charge in [-0.1, -0.05) is 47.6 Å². The third kappa shape index (κ3) is 2.93. The van der Waals surface area contributed by atoms with Crippen molar-refractivity contribution in [2.24, 2.45) is 5.11 Å². The summed E-state index contributed by atoms with van der Waals surface area (Å²) in [5.74, 6) is -1.18. The van der Waals surface area contributed by atoms with Crippen molar-refractivity contribution < 1.29 is 22.7 Å². The minimum absolute atomic E-state index is 0.308. The summed E-state index contributed by atoms with van der Waals surface area (Å²) in [4.78, 5) is 14.1. The second-order valence-corrected chi connectivity index (χ2v) is 4.85. The second-order valence-electron chi connectivity index (χ2n) is 4.85. The van der Waals surface area contributed by atoms with Crippen molar-refractivity contribution in [2.45, 2.75) is 18.1 Å². The molecule has 5 nitrogen and oxygen atoms in total. The number of esters is 1. The normalized spacial score (nSPS) is 20.9. The number of hydrogen-bond acceptors (Lipinski definition) is 3. The molecule has 0 N–H and O–H groups in total. The van der Waals surface area contributed by atoms with Gasteiger partial charge < -0.3 is 4.74 Å². The van der Waals surface area contributed by atoms with Crippen LogP contribution in [0.3, 0.4) is 0 Å². The quantitative estimate of drug-likeness (QED) is 0.362. The molecule has 1 aromatic carbocycles. The first-order valence-electron chi connectivity index (χ1n) is 6.54. The van der Waals surface area contributed by atoms with Gasteiger partial charge >= 0.3 is 12.1 Å². The lowest BCUT2D eigenvalue weighted by atomic mass is 9.77. The first-order chi connectivity index (χ1) is 10.9. The number of nitrogens with zero attached hydrogens (tertiary/aromatic N) is 3. The number of allylic oxidation sites excluding steroid dienone is 2. The van der Waals surface area contributed by atoms with Gasteiger partial charge in [-0.05, 0) is 23.1 Å². The van der Waals surface area contributed by atoms with E-state index in [4.69, 9.17) is 5.53 Å². The van der Waals surface area contributed by atoms with Crippen molar-refractivity contribution in [2.75, 3.05) is 7.11 Å². The van der Waals surface area contributed by atoms with Crippen molar-refractivity contribution in [3.8, 4) is 0 Å². The molecule has 0 heterocycles. The average molecular weight is 323 g/mol. The molecule has 0 saturated carbocycles. The van der Waals surface area contributed by atoms with Crippen LogP contribution in [0.25, 0.3) is 16.0 Å². The van der Waals surface area contributed by atoms with Crippen LogP contribution < -0.4 is 0 Å². The highest BCUT2D eigenvalue weighted by atomic mass is 19.4. The molecular formula is C15H12F3N3O2. The average Bonchev–Trinajstić information content (AvgIpc) is 2.54. The van der Waals surface area contributed by atoms with Gasteiger partial charge in [-0.3, -0.25) is 0 Å². The van der Waals surface area contributed by atoms with Gasteiger partial charge in [0.2, 0.25) is 0 Å². The number of carbonyl (C=O) groups excluding carboxylic acids is 1. The van der Waals surface area contributed by atoms with E-state index in [0.717, 1.165) is 13.2 Å². The van der Waals surface area contributed by atoms with Gasteiger partial charge in [-0.2, -0.15) is 13.2 Å². The van der Waals surface area contributed by atoms with Crippen molar-refractivity contribution in [3.63, 3.8) is 0 Å². The smallest absolute Gasteiger partial charge is 0.404 e. The maximum Gasteiger partial charge on any atom is 0.404 e. The van der Waals surface area contributed by atoms with Crippen molar-refractivity contribution in [1.82, 2.24) is 0 Å². The monoisotopic (exact) mass is 323 g/mol. The van der Waals surface area contributed by atoms with Gasteiger partial charge in [0.15, 0.2) is 5.54 Å². The Morgan fingerprint density at radius 1 is 1.30 bits per heavy atom. The Balaban J connectivity index is 2.65. The third-order valence-electron chi connectivity index (χ3n) is 3.58. The number of alkyl halides is 3. The van der Waals surface area contributed by atoms with Gasteiger partial charge in [0.1, 0.15) is 0 Å². The highest BCUT2D eigenvalue weighted by molar-refractivity contribution is 5.94. The van der Waals surface area contributed by atoms with Crippen LogP contribution in [0.5, 0.6) is 0 Å². The van der Waals surface area contributed by atoms with E-state index >= 15 is 0 Å². The first-order valence-corrected chi connectivity index (χ1v) is 6.54. The van der Waals surface area contributed by atoms with Crippen LogP contribution in [0.4, 0.5) is 13.2 Å². The molecule has 0 bridgehead atoms. The molecule has 0 saturated heterocycles. The largest absolute Gasteiger partial charge is 0.466 e. The van der Waals surface area contributed by atoms with Crippen LogP contribution in [0, 0.1) is 0 Å². The number of halogens is 3. The molecule has 120 valence electrons. The molecular weight excluding hydrogens is 311 g/mol. The van der Waals surface area contributed by atoms with E-state index in [1.807, 2.05) is 0 Å². The van der Waals surface area contributed by atoms with Gasteiger partial charge in [-0.15, -0.1) is 0 Å². The van der Waals surface area contributed by atoms with Crippen molar-refractivity contribution in [1.29, 1.82) is 0 Å². The van der Waals surface area contributed by atoms with Crippen LogP contribution in [0.2, 0.25) is 0 Å². The number of hydrogen-bond donors (Lipinski definition) is 0. The molecule has 23 heavy (non-hydrogen) atoms. The Morgan fingerprint density at radius 3 is 2.48 bits per heavy atom. The van der Waals surface area contributed by atoms with Gasteiger partial charge in [0.25, 0.3) is 0 Å². The lowest BCUT2D eigenvalue weighted by molar-refractivity contribution is -0.178. The predicted octanol–water partition coefficient (Wildman–Crippen LogP) is 4.18. The number of benzene rings is 1. The highest BCUT2D eigenvalue weighted by Gasteiger charge is 2.60. The molecule has 1 unspecified atom stereocenters. The van der Waals surface area contributed by atoms with Crippen LogP contribution in [-0.4, -0.2) is 24.8 Å². The number of methoxy groups -OCH3 is 1. The zero-order valence-corrected chi connectivity index (χ0v) is 12.0. The fourth-order valence-corrected chi connectivity index (χ4v) is 2.42. The highest BCUT2D eigenvalue weighted by Crippen LogP contribution is 2.48. The molecule has 0 fully saturated rings. The Labute approximate surface area is 129 Å². The Bertz CT molecular complexity index is 719. The third-order valence-corrected chi connectivity index (χ3v) is 3.58. The number of azide groups is 1. The lowest BCUT2D eigenvalue weighted by Crippen LogP contribution is -2.48. The summed E-state index contributed by atoms with van der Waals surface area (Å²) in [6, 6.07) is 8.37. The molecule has 1 aliphatic rings.